The van der Waals surface area contributed by atoms with Crippen molar-refractivity contribution in [3.8, 4) is 0 Å². The Bertz CT molecular complexity index is 574. The molecule has 6 nitrogen and oxygen atoms in total. The quantitative estimate of drug-likeness (QED) is 0.779. The van der Waals surface area contributed by atoms with Crippen LogP contribution in [0.2, 0.25) is 0 Å². The summed E-state index contributed by atoms with van der Waals surface area (Å²) in [7, 11) is 0. The van der Waals surface area contributed by atoms with Crippen LogP contribution < -0.4 is 5.32 Å². The van der Waals surface area contributed by atoms with E-state index in [0.29, 0.717) is 11.1 Å². The average Bonchev–Trinajstić information content (AvgIpc) is 2.99. The van der Waals surface area contributed by atoms with Crippen molar-refractivity contribution in [1.29, 1.82) is 0 Å². The first-order valence-electron chi connectivity index (χ1n) is 5.45. The molecule has 0 aromatic carbocycles. The molecule has 88 valence electrons. The summed E-state index contributed by atoms with van der Waals surface area (Å²) in [5.41, 5.74) is 0.740. The molecule has 0 aliphatic heterocycles. The zero-order chi connectivity index (χ0) is 11.9. The second-order valence-electron chi connectivity index (χ2n) is 4.36. The van der Waals surface area contributed by atoms with Gasteiger partial charge in [-0.05, 0) is 12.8 Å². The molecule has 1 aliphatic carbocycles. The van der Waals surface area contributed by atoms with Crippen LogP contribution >= 0.6 is 0 Å². The molecule has 2 aromatic rings. The maximum absolute atomic E-state index is 12.0. The van der Waals surface area contributed by atoms with E-state index in [-0.39, 0.29) is 12.5 Å². The Morgan fingerprint density at radius 2 is 2.35 bits per heavy atom. The molecule has 6 heteroatoms. The SMILES string of the molecule is O=C(NC1(CO)CC1)c1cnn2ccncc12. The van der Waals surface area contributed by atoms with E-state index in [1.165, 1.54) is 6.20 Å². The van der Waals surface area contributed by atoms with Crippen LogP contribution in [0.3, 0.4) is 0 Å². The van der Waals surface area contributed by atoms with Gasteiger partial charge in [-0.1, -0.05) is 0 Å². The lowest BCUT2D eigenvalue weighted by Gasteiger charge is -2.13. The largest absolute Gasteiger partial charge is 0.394 e. The summed E-state index contributed by atoms with van der Waals surface area (Å²) in [6.45, 7) is -0.0177. The van der Waals surface area contributed by atoms with Crippen LogP contribution in [-0.4, -0.2) is 37.8 Å². The van der Waals surface area contributed by atoms with Gasteiger partial charge in [-0.25, -0.2) is 4.52 Å². The topological polar surface area (TPSA) is 79.5 Å². The fraction of sp³-hybridized carbons (Fsp3) is 0.364. The Morgan fingerprint density at radius 1 is 1.53 bits per heavy atom. The third kappa shape index (κ3) is 1.66. The molecule has 2 heterocycles. The predicted molar refractivity (Wildman–Crippen MR) is 59.5 cm³/mol. The van der Waals surface area contributed by atoms with Crippen molar-refractivity contribution in [3.63, 3.8) is 0 Å². The number of amides is 1. The Labute approximate surface area is 97.3 Å². The van der Waals surface area contributed by atoms with Crippen molar-refractivity contribution in [2.24, 2.45) is 0 Å². The van der Waals surface area contributed by atoms with E-state index in [4.69, 9.17) is 5.11 Å². The van der Waals surface area contributed by atoms with E-state index in [1.54, 1.807) is 23.1 Å². The lowest BCUT2D eigenvalue weighted by Crippen LogP contribution is -2.39. The summed E-state index contributed by atoms with van der Waals surface area (Å²) < 4.78 is 1.60. The number of nitrogens with one attached hydrogen (secondary N) is 1. The molecule has 0 unspecified atom stereocenters. The number of aliphatic hydroxyl groups excluding tert-OH is 1. The highest BCUT2D eigenvalue weighted by Gasteiger charge is 2.43. The van der Waals surface area contributed by atoms with Crippen LogP contribution in [0.25, 0.3) is 5.52 Å². The zero-order valence-electron chi connectivity index (χ0n) is 9.13. The van der Waals surface area contributed by atoms with Crippen LogP contribution in [-0.2, 0) is 0 Å². The van der Waals surface area contributed by atoms with Crippen LogP contribution in [0.5, 0.6) is 0 Å². The number of hydrogen-bond donors (Lipinski definition) is 2. The highest BCUT2D eigenvalue weighted by molar-refractivity contribution is 6.01. The monoisotopic (exact) mass is 232 g/mol. The second-order valence-corrected chi connectivity index (χ2v) is 4.36. The molecular formula is C11H12N4O2. The summed E-state index contributed by atoms with van der Waals surface area (Å²) in [5.74, 6) is -0.209. The van der Waals surface area contributed by atoms with Gasteiger partial charge >= 0.3 is 0 Å². The van der Waals surface area contributed by atoms with Gasteiger partial charge in [0.05, 0.1) is 35.6 Å². The predicted octanol–water partition coefficient (Wildman–Crippen LogP) is -0.0160. The maximum atomic E-state index is 12.0. The summed E-state index contributed by atoms with van der Waals surface area (Å²) in [6.07, 6.45) is 8.06. The van der Waals surface area contributed by atoms with Gasteiger partial charge in [0, 0.05) is 12.4 Å². The lowest BCUT2D eigenvalue weighted by molar-refractivity contribution is 0.0908. The molecule has 1 aliphatic rings. The lowest BCUT2D eigenvalue weighted by atomic mass is 10.2. The van der Waals surface area contributed by atoms with Crippen LogP contribution in [0, 0.1) is 0 Å². The molecule has 0 spiro atoms. The minimum absolute atomic E-state index is 0.0177. The van der Waals surface area contributed by atoms with E-state index in [0.717, 1.165) is 12.8 Å². The number of rotatable bonds is 3. The van der Waals surface area contributed by atoms with Gasteiger partial charge in [-0.2, -0.15) is 5.10 Å². The first-order chi connectivity index (χ1) is 8.24. The Morgan fingerprint density at radius 3 is 3.06 bits per heavy atom. The fourth-order valence-corrected chi connectivity index (χ4v) is 1.79. The number of carbonyl (C=O) groups excluding carboxylic acids is 1. The third-order valence-corrected chi connectivity index (χ3v) is 3.10. The summed E-state index contributed by atoms with van der Waals surface area (Å²) >= 11 is 0. The van der Waals surface area contributed by atoms with E-state index in [9.17, 15) is 4.79 Å². The number of fused-ring (bicyclic) bond motifs is 1. The first-order valence-corrected chi connectivity index (χ1v) is 5.45. The second kappa shape index (κ2) is 3.53. The number of aromatic nitrogens is 3. The van der Waals surface area contributed by atoms with Crippen molar-refractivity contribution < 1.29 is 9.90 Å². The van der Waals surface area contributed by atoms with E-state index >= 15 is 0 Å². The van der Waals surface area contributed by atoms with Gasteiger partial charge in [0.2, 0.25) is 0 Å². The normalized spacial score (nSPS) is 17.0. The van der Waals surface area contributed by atoms with Crippen molar-refractivity contribution in [2.45, 2.75) is 18.4 Å². The van der Waals surface area contributed by atoms with Gasteiger partial charge < -0.3 is 10.4 Å². The van der Waals surface area contributed by atoms with Gasteiger partial charge in [0.15, 0.2) is 0 Å². The number of nitrogens with zero attached hydrogens (tertiary/aromatic N) is 3. The molecule has 2 aromatic heterocycles. The standard InChI is InChI=1S/C11H12N4O2/c16-7-11(1-2-11)14-10(17)8-5-13-15-4-3-12-6-9(8)15/h3-6,16H,1-2,7H2,(H,14,17). The third-order valence-electron chi connectivity index (χ3n) is 3.10. The van der Waals surface area contributed by atoms with Crippen molar-refractivity contribution in [3.05, 3.63) is 30.4 Å². The summed E-state index contributed by atoms with van der Waals surface area (Å²) in [6, 6.07) is 0. The van der Waals surface area contributed by atoms with Gasteiger partial charge in [-0.3, -0.25) is 9.78 Å². The highest BCUT2D eigenvalue weighted by atomic mass is 16.3. The van der Waals surface area contributed by atoms with Crippen molar-refractivity contribution >= 4 is 11.4 Å². The molecular weight excluding hydrogens is 220 g/mol. The smallest absolute Gasteiger partial charge is 0.255 e. The first kappa shape index (κ1) is 10.2. The van der Waals surface area contributed by atoms with Gasteiger partial charge in [0.25, 0.3) is 5.91 Å². The van der Waals surface area contributed by atoms with Crippen LogP contribution in [0.4, 0.5) is 0 Å². The van der Waals surface area contributed by atoms with Gasteiger partial charge in [-0.15, -0.1) is 0 Å². The van der Waals surface area contributed by atoms with E-state index in [2.05, 4.69) is 15.4 Å². The number of hydrogen-bond acceptors (Lipinski definition) is 4. The average molecular weight is 232 g/mol. The summed E-state index contributed by atoms with van der Waals surface area (Å²) in [5, 5.41) is 16.1. The fourth-order valence-electron chi connectivity index (χ4n) is 1.79. The highest BCUT2D eigenvalue weighted by Crippen LogP contribution is 2.34. The molecule has 0 atom stereocenters. The molecule has 2 N–H and O–H groups in total. The molecule has 1 fully saturated rings. The van der Waals surface area contributed by atoms with Crippen LogP contribution in [0.1, 0.15) is 23.2 Å². The van der Waals surface area contributed by atoms with Gasteiger partial charge in [0.1, 0.15) is 0 Å². The van der Waals surface area contributed by atoms with Crippen molar-refractivity contribution in [1.82, 2.24) is 19.9 Å². The molecule has 3 rings (SSSR count). The minimum Gasteiger partial charge on any atom is -0.394 e. The molecule has 0 radical (unpaired) electrons. The summed E-state index contributed by atoms with van der Waals surface area (Å²) in [4.78, 5) is 16.0. The minimum atomic E-state index is -0.409. The number of carbonyl (C=O) groups is 1. The molecule has 1 amide bonds. The Kier molecular flexibility index (Phi) is 2.12. The molecule has 0 bridgehead atoms. The molecule has 1 saturated carbocycles. The van der Waals surface area contributed by atoms with Crippen molar-refractivity contribution in [2.75, 3.05) is 6.61 Å². The number of aliphatic hydroxyl groups is 1. The molecule has 17 heavy (non-hydrogen) atoms. The zero-order valence-corrected chi connectivity index (χ0v) is 9.13. The Balaban J connectivity index is 1.91. The molecule has 0 saturated heterocycles. The Hall–Kier alpha value is -1.95. The van der Waals surface area contributed by atoms with E-state index in [1.807, 2.05) is 0 Å². The van der Waals surface area contributed by atoms with E-state index < -0.39 is 5.54 Å². The van der Waals surface area contributed by atoms with Crippen LogP contribution in [0.15, 0.2) is 24.8 Å². The maximum Gasteiger partial charge on any atom is 0.255 e.